The quantitative estimate of drug-likeness (QED) is 0.899. The first kappa shape index (κ1) is 15.1. The van der Waals surface area contributed by atoms with E-state index >= 15 is 0 Å². The highest BCUT2D eigenvalue weighted by Gasteiger charge is 2.33. The van der Waals surface area contributed by atoms with Crippen LogP contribution in [-0.2, 0) is 6.42 Å². The minimum Gasteiger partial charge on any atom is -0.406 e. The van der Waals surface area contributed by atoms with Crippen molar-refractivity contribution in [2.75, 3.05) is 0 Å². The molecule has 1 aliphatic rings. The van der Waals surface area contributed by atoms with Gasteiger partial charge in [-0.15, -0.1) is 13.2 Å². The van der Waals surface area contributed by atoms with Crippen molar-refractivity contribution in [3.8, 4) is 5.75 Å². The molecule has 0 radical (unpaired) electrons. The zero-order valence-corrected chi connectivity index (χ0v) is 11.0. The molecule has 1 saturated carbocycles. The molecule has 0 aromatic heterocycles. The largest absolute Gasteiger partial charge is 0.573 e. The van der Waals surface area contributed by atoms with Crippen molar-refractivity contribution >= 4 is 0 Å². The summed E-state index contributed by atoms with van der Waals surface area (Å²) in [6.45, 7) is 0. The molecule has 0 aliphatic heterocycles. The summed E-state index contributed by atoms with van der Waals surface area (Å²) >= 11 is 0. The lowest BCUT2D eigenvalue weighted by atomic mass is 9.78. The van der Waals surface area contributed by atoms with Gasteiger partial charge in [0, 0.05) is 12.5 Å². The van der Waals surface area contributed by atoms with Crippen LogP contribution in [0, 0.1) is 0 Å². The number of halogens is 3. The van der Waals surface area contributed by atoms with Gasteiger partial charge in [0.15, 0.2) is 0 Å². The van der Waals surface area contributed by atoms with Crippen molar-refractivity contribution in [3.63, 3.8) is 0 Å². The number of alkyl halides is 3. The summed E-state index contributed by atoms with van der Waals surface area (Å²) in [5.74, 6) is -0.256. The van der Waals surface area contributed by atoms with Gasteiger partial charge in [0.1, 0.15) is 5.75 Å². The highest BCUT2D eigenvalue weighted by molar-refractivity contribution is 5.28. The molecular formula is C14H18F3NO2. The molecule has 2 atom stereocenters. The zero-order valence-electron chi connectivity index (χ0n) is 11.0. The van der Waals surface area contributed by atoms with E-state index < -0.39 is 12.0 Å². The van der Waals surface area contributed by atoms with E-state index in [1.807, 2.05) is 0 Å². The molecule has 1 aliphatic carbocycles. The lowest BCUT2D eigenvalue weighted by Gasteiger charge is -2.35. The summed E-state index contributed by atoms with van der Waals surface area (Å²) in [5, 5.41) is 10.5. The molecule has 112 valence electrons. The fourth-order valence-electron chi connectivity index (χ4n) is 2.73. The molecule has 2 unspecified atom stereocenters. The Morgan fingerprint density at radius 3 is 2.50 bits per heavy atom. The minimum absolute atomic E-state index is 0.0124. The van der Waals surface area contributed by atoms with Crippen LogP contribution in [0.5, 0.6) is 5.75 Å². The summed E-state index contributed by atoms with van der Waals surface area (Å²) in [6.07, 6.45) is -1.33. The maximum Gasteiger partial charge on any atom is 0.573 e. The van der Waals surface area contributed by atoms with Gasteiger partial charge in [-0.05, 0) is 43.4 Å². The molecule has 1 aromatic rings. The Labute approximate surface area is 115 Å². The molecule has 3 N–H and O–H groups in total. The van der Waals surface area contributed by atoms with Crippen molar-refractivity contribution in [1.29, 1.82) is 0 Å². The molecule has 0 spiro atoms. The molecule has 1 aromatic carbocycles. The highest BCUT2D eigenvalue weighted by Crippen LogP contribution is 2.31. The zero-order chi connectivity index (χ0) is 14.8. The molecule has 0 amide bonds. The predicted octanol–water partition coefficient (Wildman–Crippen LogP) is 2.76. The summed E-state index contributed by atoms with van der Waals surface area (Å²) in [7, 11) is 0. The van der Waals surface area contributed by atoms with E-state index in [0.717, 1.165) is 18.4 Å². The standard InChI is InChI=1S/C14H18F3NO2/c15-14(16,17)20-12-5-3-10(4-6-12)8-13(19)7-1-2-11(18)9-13/h3-6,11,19H,1-2,7-9,18H2. The normalized spacial score (nSPS) is 27.4. The van der Waals surface area contributed by atoms with Crippen molar-refractivity contribution in [1.82, 2.24) is 0 Å². The Morgan fingerprint density at radius 2 is 1.95 bits per heavy atom. The third-order valence-corrected chi connectivity index (χ3v) is 3.55. The van der Waals surface area contributed by atoms with Gasteiger partial charge >= 0.3 is 6.36 Å². The van der Waals surface area contributed by atoms with Crippen molar-refractivity contribution < 1.29 is 23.0 Å². The Kier molecular flexibility index (Phi) is 4.25. The highest BCUT2D eigenvalue weighted by atomic mass is 19.4. The summed E-state index contributed by atoms with van der Waals surface area (Å²) in [6, 6.07) is 5.59. The van der Waals surface area contributed by atoms with Crippen molar-refractivity contribution in [2.24, 2.45) is 5.73 Å². The lowest BCUT2D eigenvalue weighted by Crippen LogP contribution is -2.42. The molecule has 3 nitrogen and oxygen atoms in total. The average molecular weight is 289 g/mol. The maximum absolute atomic E-state index is 12.0. The van der Waals surface area contributed by atoms with Crippen LogP contribution in [0.4, 0.5) is 13.2 Å². The van der Waals surface area contributed by atoms with Crippen LogP contribution in [0.15, 0.2) is 24.3 Å². The van der Waals surface area contributed by atoms with Gasteiger partial charge in [-0.3, -0.25) is 0 Å². The first-order valence-electron chi connectivity index (χ1n) is 6.58. The predicted molar refractivity (Wildman–Crippen MR) is 68.2 cm³/mol. The van der Waals surface area contributed by atoms with E-state index in [1.165, 1.54) is 12.1 Å². The molecule has 1 fully saturated rings. The van der Waals surface area contributed by atoms with Crippen LogP contribution >= 0.6 is 0 Å². The Hall–Kier alpha value is -1.27. The van der Waals surface area contributed by atoms with Gasteiger partial charge in [-0.25, -0.2) is 0 Å². The third kappa shape index (κ3) is 4.38. The third-order valence-electron chi connectivity index (χ3n) is 3.55. The number of nitrogens with two attached hydrogens (primary N) is 1. The van der Waals surface area contributed by atoms with Crippen LogP contribution in [-0.4, -0.2) is 23.1 Å². The lowest BCUT2D eigenvalue weighted by molar-refractivity contribution is -0.274. The van der Waals surface area contributed by atoms with Gasteiger partial charge in [0.2, 0.25) is 0 Å². The van der Waals surface area contributed by atoms with Crippen LogP contribution < -0.4 is 10.5 Å². The molecule has 2 rings (SSSR count). The number of rotatable bonds is 3. The summed E-state index contributed by atoms with van der Waals surface area (Å²) in [4.78, 5) is 0. The number of aliphatic hydroxyl groups is 1. The fourth-order valence-corrected chi connectivity index (χ4v) is 2.73. The van der Waals surface area contributed by atoms with Crippen molar-refractivity contribution in [2.45, 2.75) is 50.1 Å². The molecule has 20 heavy (non-hydrogen) atoms. The van der Waals surface area contributed by atoms with E-state index in [0.29, 0.717) is 19.3 Å². The number of benzene rings is 1. The van der Waals surface area contributed by atoms with Crippen LogP contribution in [0.25, 0.3) is 0 Å². The van der Waals surface area contributed by atoms with E-state index in [4.69, 9.17) is 5.73 Å². The van der Waals surface area contributed by atoms with E-state index in [1.54, 1.807) is 12.1 Å². The average Bonchev–Trinajstić information content (AvgIpc) is 2.29. The Morgan fingerprint density at radius 1 is 1.30 bits per heavy atom. The van der Waals surface area contributed by atoms with Gasteiger partial charge in [0.05, 0.1) is 5.60 Å². The Balaban J connectivity index is 2.00. The molecule has 6 heteroatoms. The van der Waals surface area contributed by atoms with Crippen LogP contribution in [0.3, 0.4) is 0 Å². The molecule has 0 bridgehead atoms. The van der Waals surface area contributed by atoms with E-state index in [9.17, 15) is 18.3 Å². The molecule has 0 saturated heterocycles. The fraction of sp³-hybridized carbons (Fsp3) is 0.571. The second kappa shape index (κ2) is 5.61. The first-order chi connectivity index (χ1) is 9.26. The minimum atomic E-state index is -4.68. The SMILES string of the molecule is NC1CCCC(O)(Cc2ccc(OC(F)(F)F)cc2)C1. The van der Waals surface area contributed by atoms with E-state index in [-0.39, 0.29) is 11.8 Å². The number of hydrogen-bond acceptors (Lipinski definition) is 3. The van der Waals surface area contributed by atoms with E-state index in [2.05, 4.69) is 4.74 Å². The maximum atomic E-state index is 12.0. The summed E-state index contributed by atoms with van der Waals surface area (Å²) < 4.78 is 39.9. The van der Waals surface area contributed by atoms with Crippen molar-refractivity contribution in [3.05, 3.63) is 29.8 Å². The van der Waals surface area contributed by atoms with Gasteiger partial charge in [-0.2, -0.15) is 0 Å². The van der Waals surface area contributed by atoms with Gasteiger partial charge < -0.3 is 15.6 Å². The molecular weight excluding hydrogens is 271 g/mol. The topological polar surface area (TPSA) is 55.5 Å². The smallest absolute Gasteiger partial charge is 0.406 e. The Bertz CT molecular complexity index is 447. The van der Waals surface area contributed by atoms with Crippen LogP contribution in [0.2, 0.25) is 0 Å². The van der Waals surface area contributed by atoms with Gasteiger partial charge in [0.25, 0.3) is 0 Å². The number of hydrogen-bond donors (Lipinski definition) is 2. The van der Waals surface area contributed by atoms with Gasteiger partial charge in [-0.1, -0.05) is 12.1 Å². The first-order valence-corrected chi connectivity index (χ1v) is 6.58. The van der Waals surface area contributed by atoms with Crippen LogP contribution in [0.1, 0.15) is 31.2 Å². The number of ether oxygens (including phenoxy) is 1. The monoisotopic (exact) mass is 289 g/mol. The molecule has 0 heterocycles. The summed E-state index contributed by atoms with van der Waals surface area (Å²) in [5.41, 5.74) is 5.77. The second-order valence-electron chi connectivity index (χ2n) is 5.45. The second-order valence-corrected chi connectivity index (χ2v) is 5.45.